The van der Waals surface area contributed by atoms with Crippen LogP contribution >= 0.6 is 0 Å². The van der Waals surface area contributed by atoms with Crippen molar-refractivity contribution in [2.75, 3.05) is 19.0 Å². The molecule has 0 unspecified atom stereocenters. The van der Waals surface area contributed by atoms with E-state index >= 15 is 0 Å². The summed E-state index contributed by atoms with van der Waals surface area (Å²) in [5.74, 6) is -0.875. The number of methoxy groups -OCH3 is 1. The number of carbonyl (C=O) groups is 2. The summed E-state index contributed by atoms with van der Waals surface area (Å²) in [5, 5.41) is 6.75. The molecule has 2 aromatic carbocycles. The first-order valence-electron chi connectivity index (χ1n) is 9.60. The van der Waals surface area contributed by atoms with Crippen LogP contribution in [0.15, 0.2) is 53.3 Å². The normalized spacial score (nSPS) is 13.1. The van der Waals surface area contributed by atoms with Crippen LogP contribution in [0, 0.1) is 5.82 Å². The predicted octanol–water partition coefficient (Wildman–Crippen LogP) is 1.49. The van der Waals surface area contributed by atoms with Gasteiger partial charge in [-0.3, -0.25) is 14.2 Å². The minimum atomic E-state index is -0.538. The Bertz CT molecular complexity index is 1200. The van der Waals surface area contributed by atoms with E-state index in [2.05, 4.69) is 10.4 Å². The lowest BCUT2D eigenvalue weighted by Gasteiger charge is -2.26. The van der Waals surface area contributed by atoms with E-state index in [-0.39, 0.29) is 37.8 Å². The summed E-state index contributed by atoms with van der Waals surface area (Å²) < 4.78 is 20.8. The Morgan fingerprint density at radius 1 is 1.16 bits per heavy atom. The summed E-state index contributed by atoms with van der Waals surface area (Å²) in [6.45, 7) is 0.366. The average molecular weight is 425 g/mol. The van der Waals surface area contributed by atoms with E-state index < -0.39 is 17.5 Å². The van der Waals surface area contributed by atoms with Crippen molar-refractivity contribution in [2.45, 2.75) is 19.6 Å². The maximum Gasteiger partial charge on any atom is 0.346 e. The van der Waals surface area contributed by atoms with Gasteiger partial charge in [0, 0.05) is 19.6 Å². The van der Waals surface area contributed by atoms with Crippen molar-refractivity contribution in [1.82, 2.24) is 19.2 Å². The van der Waals surface area contributed by atoms with Gasteiger partial charge < -0.3 is 15.0 Å². The standard InChI is InChI=1S/C21H20FN5O4/c1-31-17-8-3-2-7-16(17)23-18(28)13-27-21(30)26-10-9-25(20(29)19(26)24-27)12-14-5-4-6-15(22)11-14/h2-8,11H,9-10,12-13H2,1H3,(H,23,28). The van der Waals surface area contributed by atoms with Gasteiger partial charge >= 0.3 is 5.69 Å². The van der Waals surface area contributed by atoms with Crippen LogP contribution in [0.3, 0.4) is 0 Å². The van der Waals surface area contributed by atoms with E-state index in [0.717, 1.165) is 4.68 Å². The fraction of sp³-hybridized carbons (Fsp3) is 0.238. The number of nitrogens with zero attached hydrogens (tertiary/aromatic N) is 4. The summed E-state index contributed by atoms with van der Waals surface area (Å²) in [4.78, 5) is 39.4. The zero-order valence-corrected chi connectivity index (χ0v) is 16.7. The first-order chi connectivity index (χ1) is 15.0. The van der Waals surface area contributed by atoms with Gasteiger partial charge in [-0.05, 0) is 29.8 Å². The zero-order chi connectivity index (χ0) is 22.0. The highest BCUT2D eigenvalue weighted by molar-refractivity contribution is 5.93. The van der Waals surface area contributed by atoms with Crippen LogP contribution in [-0.2, 0) is 24.4 Å². The second-order valence-corrected chi connectivity index (χ2v) is 7.02. The Balaban J connectivity index is 1.49. The number of rotatable bonds is 6. The highest BCUT2D eigenvalue weighted by Gasteiger charge is 2.30. The number of halogens is 1. The second-order valence-electron chi connectivity index (χ2n) is 7.02. The van der Waals surface area contributed by atoms with Gasteiger partial charge in [0.1, 0.15) is 18.1 Å². The summed E-state index contributed by atoms with van der Waals surface area (Å²) in [6, 6.07) is 12.9. The number of fused-ring (bicyclic) bond motifs is 1. The lowest BCUT2D eigenvalue weighted by Crippen LogP contribution is -2.42. The molecule has 0 spiro atoms. The third kappa shape index (κ3) is 4.18. The quantitative estimate of drug-likeness (QED) is 0.645. The lowest BCUT2D eigenvalue weighted by molar-refractivity contribution is -0.117. The number of anilines is 1. The van der Waals surface area contributed by atoms with Crippen LogP contribution in [0.5, 0.6) is 5.75 Å². The Morgan fingerprint density at radius 3 is 2.74 bits per heavy atom. The highest BCUT2D eigenvalue weighted by atomic mass is 19.1. The van der Waals surface area contributed by atoms with Crippen molar-refractivity contribution in [3.05, 3.63) is 76.2 Å². The molecular weight excluding hydrogens is 405 g/mol. The van der Waals surface area contributed by atoms with Gasteiger partial charge in [0.2, 0.25) is 11.7 Å². The number of aromatic nitrogens is 3. The Labute approximate surface area is 176 Å². The SMILES string of the molecule is COc1ccccc1NC(=O)Cn1nc2n(c1=O)CCN(Cc1cccc(F)c1)C2=O. The van der Waals surface area contributed by atoms with Gasteiger partial charge in [-0.15, -0.1) is 5.10 Å². The van der Waals surface area contributed by atoms with Crippen molar-refractivity contribution in [1.29, 1.82) is 0 Å². The van der Waals surface area contributed by atoms with Gasteiger partial charge in [0.05, 0.1) is 12.8 Å². The molecule has 2 heterocycles. The number of ether oxygens (including phenoxy) is 1. The largest absolute Gasteiger partial charge is 0.495 e. The highest BCUT2D eigenvalue weighted by Crippen LogP contribution is 2.22. The van der Waals surface area contributed by atoms with Crippen LogP contribution in [0.2, 0.25) is 0 Å². The molecule has 0 saturated heterocycles. The third-order valence-corrected chi connectivity index (χ3v) is 4.93. The van der Waals surface area contributed by atoms with Crippen LogP contribution in [-0.4, -0.2) is 44.7 Å². The Kier molecular flexibility index (Phi) is 5.52. The first-order valence-corrected chi connectivity index (χ1v) is 9.60. The molecule has 1 aliphatic rings. The summed E-state index contributed by atoms with van der Waals surface area (Å²) >= 11 is 0. The van der Waals surface area contributed by atoms with Gasteiger partial charge in [0.15, 0.2) is 0 Å². The summed E-state index contributed by atoms with van der Waals surface area (Å²) in [5.41, 5.74) is 0.563. The molecule has 0 atom stereocenters. The first kappa shape index (κ1) is 20.3. The molecule has 1 aliphatic heterocycles. The van der Waals surface area contributed by atoms with Gasteiger partial charge in [-0.1, -0.05) is 24.3 Å². The molecule has 0 radical (unpaired) electrons. The molecule has 31 heavy (non-hydrogen) atoms. The van der Waals surface area contributed by atoms with Gasteiger partial charge in [-0.2, -0.15) is 0 Å². The monoisotopic (exact) mass is 425 g/mol. The summed E-state index contributed by atoms with van der Waals surface area (Å²) in [7, 11) is 1.49. The number of hydrogen-bond donors (Lipinski definition) is 1. The second kappa shape index (κ2) is 8.42. The smallest absolute Gasteiger partial charge is 0.346 e. The summed E-state index contributed by atoms with van der Waals surface area (Å²) in [6.07, 6.45) is 0. The van der Waals surface area contributed by atoms with Crippen molar-refractivity contribution >= 4 is 17.5 Å². The average Bonchev–Trinajstić information content (AvgIpc) is 3.06. The molecule has 0 aliphatic carbocycles. The maximum absolute atomic E-state index is 13.4. The van der Waals surface area contributed by atoms with Crippen molar-refractivity contribution in [3.8, 4) is 5.75 Å². The molecule has 9 nitrogen and oxygen atoms in total. The lowest BCUT2D eigenvalue weighted by atomic mass is 10.2. The molecular formula is C21H20FN5O4. The fourth-order valence-electron chi connectivity index (χ4n) is 3.45. The molecule has 2 amide bonds. The topological polar surface area (TPSA) is 98.5 Å². The molecule has 3 aromatic rings. The van der Waals surface area contributed by atoms with Crippen molar-refractivity contribution < 1.29 is 18.7 Å². The van der Waals surface area contributed by atoms with E-state index in [4.69, 9.17) is 4.74 Å². The van der Waals surface area contributed by atoms with Crippen LogP contribution in [0.4, 0.5) is 10.1 Å². The molecule has 0 fully saturated rings. The van der Waals surface area contributed by atoms with E-state index in [1.165, 1.54) is 28.7 Å². The Hall–Kier alpha value is -3.95. The number of amides is 2. The van der Waals surface area contributed by atoms with Gasteiger partial charge in [0.25, 0.3) is 5.91 Å². The van der Waals surface area contributed by atoms with E-state index in [1.807, 2.05) is 0 Å². The number of para-hydroxylation sites is 2. The number of carbonyl (C=O) groups excluding carboxylic acids is 2. The maximum atomic E-state index is 13.4. The van der Waals surface area contributed by atoms with Gasteiger partial charge in [-0.25, -0.2) is 13.9 Å². The fourth-order valence-corrected chi connectivity index (χ4v) is 3.45. The van der Waals surface area contributed by atoms with Crippen molar-refractivity contribution in [3.63, 3.8) is 0 Å². The molecule has 0 saturated carbocycles. The van der Waals surface area contributed by atoms with E-state index in [1.54, 1.807) is 36.4 Å². The number of benzene rings is 2. The zero-order valence-electron chi connectivity index (χ0n) is 16.7. The third-order valence-electron chi connectivity index (χ3n) is 4.93. The molecule has 4 rings (SSSR count). The van der Waals surface area contributed by atoms with Crippen LogP contribution in [0.25, 0.3) is 0 Å². The van der Waals surface area contributed by atoms with E-state index in [0.29, 0.717) is 17.0 Å². The number of hydrogen-bond acceptors (Lipinski definition) is 5. The van der Waals surface area contributed by atoms with Crippen LogP contribution < -0.4 is 15.7 Å². The molecule has 1 N–H and O–H groups in total. The predicted molar refractivity (Wildman–Crippen MR) is 109 cm³/mol. The molecule has 0 bridgehead atoms. The molecule has 10 heteroatoms. The minimum absolute atomic E-state index is 0.0438. The molecule has 160 valence electrons. The Morgan fingerprint density at radius 2 is 1.97 bits per heavy atom. The van der Waals surface area contributed by atoms with Crippen molar-refractivity contribution in [2.24, 2.45) is 0 Å². The minimum Gasteiger partial charge on any atom is -0.495 e. The van der Waals surface area contributed by atoms with Crippen LogP contribution in [0.1, 0.15) is 16.2 Å². The molecule has 1 aromatic heterocycles. The number of nitrogens with one attached hydrogen (secondary N) is 1. The van der Waals surface area contributed by atoms with E-state index in [9.17, 15) is 18.8 Å².